The Balaban J connectivity index is 1.40. The van der Waals surface area contributed by atoms with E-state index in [0.717, 1.165) is 43.2 Å². The first-order valence-electron chi connectivity index (χ1n) is 13.1. The number of fused-ring (bicyclic) bond motifs is 1. The van der Waals surface area contributed by atoms with Crippen molar-refractivity contribution in [3.05, 3.63) is 29.8 Å². The van der Waals surface area contributed by atoms with E-state index in [1.165, 1.54) is 0 Å². The third-order valence-electron chi connectivity index (χ3n) is 8.41. The minimum atomic E-state index is -3.31. The van der Waals surface area contributed by atoms with Crippen LogP contribution in [0, 0.1) is 17.3 Å². The first kappa shape index (κ1) is 27.1. The van der Waals surface area contributed by atoms with Crippen LogP contribution < -0.4 is 10.1 Å². The van der Waals surface area contributed by atoms with Crippen LogP contribution in [-0.4, -0.2) is 77.2 Å². The molecule has 0 radical (unpaired) electrons. The summed E-state index contributed by atoms with van der Waals surface area (Å²) in [7, 11) is -3.10. The van der Waals surface area contributed by atoms with Gasteiger partial charge in [0.1, 0.15) is 5.75 Å². The number of aliphatic hydroxyl groups is 1. The lowest BCUT2D eigenvalue weighted by Gasteiger charge is -2.59. The number of benzene rings is 1. The van der Waals surface area contributed by atoms with Crippen molar-refractivity contribution in [2.75, 3.05) is 39.1 Å². The number of ether oxygens (including phenoxy) is 2. The van der Waals surface area contributed by atoms with Gasteiger partial charge in [0.2, 0.25) is 10.0 Å². The summed E-state index contributed by atoms with van der Waals surface area (Å²) in [6, 6.07) is 8.85. The van der Waals surface area contributed by atoms with E-state index in [9.17, 15) is 13.5 Å². The van der Waals surface area contributed by atoms with Crippen molar-refractivity contribution in [1.29, 1.82) is 0 Å². The molecule has 7 nitrogen and oxygen atoms in total. The standard InChI is InChI=1S/C26H44N2O5SSi/c1-32-22-8-6-20(7-9-22)17-33-11-5-10-26-18-27-24-15-23(26)21(14-25(24)29)16-28(19-26)34(30,31)12-13-35(2,3)4/h6-9,21,23-25,27,29H,5,10-19H2,1-4H3/t21-,23+,24-,25+,26+/m1/s1. The molecular weight excluding hydrogens is 480 g/mol. The van der Waals surface area contributed by atoms with Gasteiger partial charge in [-0.05, 0) is 66.7 Å². The highest BCUT2D eigenvalue weighted by Crippen LogP contribution is 2.51. The summed E-state index contributed by atoms with van der Waals surface area (Å²) in [5.41, 5.74) is 1.03. The van der Waals surface area contributed by atoms with Crippen LogP contribution in [-0.2, 0) is 21.4 Å². The number of aliphatic hydroxyl groups excluding tert-OH is 1. The average molecular weight is 525 g/mol. The van der Waals surface area contributed by atoms with Gasteiger partial charge in [-0.2, -0.15) is 0 Å². The average Bonchev–Trinajstić information content (AvgIpc) is 2.82. The molecular formula is C26H44N2O5SSi. The summed E-state index contributed by atoms with van der Waals surface area (Å²) in [4.78, 5) is 0. The molecule has 3 aliphatic rings. The van der Waals surface area contributed by atoms with Gasteiger partial charge in [0, 0.05) is 40.4 Å². The molecule has 9 heteroatoms. The van der Waals surface area contributed by atoms with Gasteiger partial charge in [-0.15, -0.1) is 0 Å². The highest BCUT2D eigenvalue weighted by atomic mass is 32.2. The zero-order valence-electron chi connectivity index (χ0n) is 21.8. The summed E-state index contributed by atoms with van der Waals surface area (Å²) in [5, 5.41) is 14.2. The maximum atomic E-state index is 13.4. The second kappa shape index (κ2) is 10.8. The van der Waals surface area contributed by atoms with Crippen LogP contribution in [0.2, 0.25) is 25.7 Å². The van der Waals surface area contributed by atoms with Crippen molar-refractivity contribution >= 4 is 18.1 Å². The SMILES string of the molecule is COc1ccc(COCCC[C@@]23CN[C@@H]4C[C@H]2[C@H](C[C@@H]4O)CN(S(=O)(=O)CC[Si](C)(C)C)C3)cc1. The van der Waals surface area contributed by atoms with Crippen LogP contribution in [0.25, 0.3) is 0 Å². The highest BCUT2D eigenvalue weighted by molar-refractivity contribution is 7.89. The Labute approximate surface area is 212 Å². The highest BCUT2D eigenvalue weighted by Gasteiger charge is 2.56. The largest absolute Gasteiger partial charge is 0.497 e. The van der Waals surface area contributed by atoms with Gasteiger partial charge < -0.3 is 19.9 Å². The van der Waals surface area contributed by atoms with E-state index in [4.69, 9.17) is 9.47 Å². The molecule has 198 valence electrons. The Morgan fingerprint density at radius 1 is 1.20 bits per heavy atom. The molecule has 1 aromatic carbocycles. The summed E-state index contributed by atoms with van der Waals surface area (Å²) in [5.74, 6) is 1.78. The number of nitrogens with one attached hydrogen (secondary N) is 1. The van der Waals surface area contributed by atoms with Crippen LogP contribution in [0.15, 0.2) is 24.3 Å². The number of methoxy groups -OCH3 is 1. The number of hydrogen-bond donors (Lipinski definition) is 2. The predicted molar refractivity (Wildman–Crippen MR) is 142 cm³/mol. The molecule has 2 heterocycles. The first-order valence-corrected chi connectivity index (χ1v) is 18.4. The van der Waals surface area contributed by atoms with Crippen molar-refractivity contribution in [2.45, 2.75) is 70.1 Å². The van der Waals surface area contributed by atoms with Gasteiger partial charge in [-0.25, -0.2) is 12.7 Å². The second-order valence-corrected chi connectivity index (χ2v) is 19.9. The van der Waals surface area contributed by atoms with Crippen LogP contribution in [0.1, 0.15) is 31.2 Å². The van der Waals surface area contributed by atoms with Gasteiger partial charge in [-0.1, -0.05) is 31.8 Å². The molecule has 2 saturated heterocycles. The lowest BCUT2D eigenvalue weighted by Crippen LogP contribution is -2.68. The number of sulfonamides is 1. The molecule has 5 atom stereocenters. The fraction of sp³-hybridized carbons (Fsp3) is 0.769. The quantitative estimate of drug-likeness (QED) is 0.341. The Bertz CT molecular complexity index is 951. The zero-order valence-corrected chi connectivity index (χ0v) is 23.6. The minimum absolute atomic E-state index is 0.0880. The molecule has 2 N–H and O–H groups in total. The molecule has 1 saturated carbocycles. The van der Waals surface area contributed by atoms with E-state index in [2.05, 4.69) is 25.0 Å². The molecule has 1 aliphatic carbocycles. The zero-order chi connectivity index (χ0) is 25.3. The van der Waals surface area contributed by atoms with E-state index in [0.29, 0.717) is 38.6 Å². The van der Waals surface area contributed by atoms with Crippen LogP contribution in [0.5, 0.6) is 5.75 Å². The normalized spacial score (nSPS) is 31.3. The molecule has 2 aliphatic heterocycles. The molecule has 1 aromatic rings. The van der Waals surface area contributed by atoms with Gasteiger partial charge >= 0.3 is 0 Å². The Morgan fingerprint density at radius 2 is 1.94 bits per heavy atom. The lowest BCUT2D eigenvalue weighted by atomic mass is 9.56. The van der Waals surface area contributed by atoms with Crippen molar-refractivity contribution in [1.82, 2.24) is 9.62 Å². The molecule has 0 amide bonds. The van der Waals surface area contributed by atoms with Gasteiger partial charge in [0.25, 0.3) is 0 Å². The summed E-state index contributed by atoms with van der Waals surface area (Å²) >= 11 is 0. The molecule has 0 aromatic heterocycles. The monoisotopic (exact) mass is 524 g/mol. The first-order chi connectivity index (χ1) is 16.5. The van der Waals surface area contributed by atoms with Crippen molar-refractivity contribution in [3.63, 3.8) is 0 Å². The Hall–Kier alpha value is -0.973. The topological polar surface area (TPSA) is 88.1 Å². The summed E-state index contributed by atoms with van der Waals surface area (Å²) in [6.45, 7) is 9.83. The lowest BCUT2D eigenvalue weighted by molar-refractivity contribution is -0.0958. The molecule has 0 spiro atoms. The van der Waals surface area contributed by atoms with Gasteiger partial charge in [0.15, 0.2) is 0 Å². The molecule has 0 unspecified atom stereocenters. The molecule has 4 rings (SSSR count). The van der Waals surface area contributed by atoms with Crippen molar-refractivity contribution in [2.24, 2.45) is 17.3 Å². The maximum Gasteiger partial charge on any atom is 0.213 e. The molecule has 3 fully saturated rings. The van der Waals surface area contributed by atoms with E-state index >= 15 is 0 Å². The van der Waals surface area contributed by atoms with Crippen molar-refractivity contribution in [3.8, 4) is 5.75 Å². The summed E-state index contributed by atoms with van der Waals surface area (Å²) in [6.07, 6.45) is 3.09. The number of nitrogens with zero attached hydrogens (tertiary/aromatic N) is 1. The fourth-order valence-corrected chi connectivity index (χ4v) is 10.9. The third kappa shape index (κ3) is 6.48. The second-order valence-electron chi connectivity index (χ2n) is 12.2. The Morgan fingerprint density at radius 3 is 2.63 bits per heavy atom. The minimum Gasteiger partial charge on any atom is -0.497 e. The fourth-order valence-electron chi connectivity index (χ4n) is 6.32. The number of piperidine rings is 2. The van der Waals surface area contributed by atoms with E-state index in [1.54, 1.807) is 11.4 Å². The van der Waals surface area contributed by atoms with Crippen LogP contribution in [0.3, 0.4) is 0 Å². The van der Waals surface area contributed by atoms with Crippen LogP contribution in [0.4, 0.5) is 0 Å². The third-order valence-corrected chi connectivity index (χ3v) is 12.3. The number of hydrogen-bond acceptors (Lipinski definition) is 6. The smallest absolute Gasteiger partial charge is 0.213 e. The Kier molecular flexibility index (Phi) is 8.35. The molecule has 35 heavy (non-hydrogen) atoms. The summed E-state index contributed by atoms with van der Waals surface area (Å²) < 4.78 is 39.8. The van der Waals surface area contributed by atoms with E-state index < -0.39 is 18.1 Å². The number of rotatable bonds is 11. The maximum absolute atomic E-state index is 13.4. The predicted octanol–water partition coefficient (Wildman–Crippen LogP) is 3.32. The van der Waals surface area contributed by atoms with E-state index in [-0.39, 0.29) is 29.2 Å². The van der Waals surface area contributed by atoms with E-state index in [1.807, 2.05) is 24.3 Å². The van der Waals surface area contributed by atoms with Gasteiger partial charge in [0.05, 0.1) is 25.6 Å². The van der Waals surface area contributed by atoms with Crippen molar-refractivity contribution < 1.29 is 23.0 Å². The van der Waals surface area contributed by atoms with Gasteiger partial charge in [-0.3, -0.25) is 0 Å². The van der Waals surface area contributed by atoms with Crippen LogP contribution >= 0.6 is 0 Å². The molecule has 2 bridgehead atoms.